The molecule has 0 unspecified atom stereocenters. The zero-order valence-electron chi connectivity index (χ0n) is 11.9. The molecular weight excluding hydrogens is 234 g/mol. The van der Waals surface area contributed by atoms with E-state index in [9.17, 15) is 14.7 Å². The van der Waals surface area contributed by atoms with E-state index in [-0.39, 0.29) is 11.8 Å². The highest BCUT2D eigenvalue weighted by atomic mass is 16.5. The van der Waals surface area contributed by atoms with Crippen molar-refractivity contribution < 1.29 is 19.4 Å². The topological polar surface area (TPSA) is 75.6 Å². The molecule has 0 rings (SSSR count). The second-order valence-corrected chi connectivity index (χ2v) is 5.04. The molecule has 2 N–H and O–H groups in total. The van der Waals surface area contributed by atoms with Crippen molar-refractivity contribution >= 4 is 11.9 Å². The van der Waals surface area contributed by atoms with Crippen molar-refractivity contribution in [2.75, 3.05) is 7.11 Å². The molecule has 106 valence electrons. The standard InChI is InChI=1S/C13H25NO4/c1-6-7-13(12(17)18-5,14-10(4)15)11(16)8-9(2)3/h9,11,16H,6-8H2,1-5H3,(H,14,15)/t11-,13-/m0/s1. The van der Waals surface area contributed by atoms with Gasteiger partial charge in [-0.15, -0.1) is 0 Å². The summed E-state index contributed by atoms with van der Waals surface area (Å²) >= 11 is 0. The predicted octanol–water partition coefficient (Wildman–Crippen LogP) is 1.24. The number of hydrogen-bond acceptors (Lipinski definition) is 4. The molecule has 1 amide bonds. The maximum Gasteiger partial charge on any atom is 0.334 e. The van der Waals surface area contributed by atoms with E-state index in [1.165, 1.54) is 14.0 Å². The number of methoxy groups -OCH3 is 1. The third kappa shape index (κ3) is 4.29. The highest BCUT2D eigenvalue weighted by Crippen LogP contribution is 2.24. The molecule has 0 fully saturated rings. The van der Waals surface area contributed by atoms with Gasteiger partial charge in [0.05, 0.1) is 13.2 Å². The maximum absolute atomic E-state index is 12.0. The van der Waals surface area contributed by atoms with Gasteiger partial charge in [0.2, 0.25) is 5.91 Å². The number of aliphatic hydroxyl groups excluding tert-OH is 1. The number of carbonyl (C=O) groups excluding carboxylic acids is 2. The highest BCUT2D eigenvalue weighted by molar-refractivity contribution is 5.87. The van der Waals surface area contributed by atoms with Crippen molar-refractivity contribution in [3.8, 4) is 0 Å². The van der Waals surface area contributed by atoms with E-state index in [0.717, 1.165) is 0 Å². The highest BCUT2D eigenvalue weighted by Gasteiger charge is 2.46. The van der Waals surface area contributed by atoms with Crippen LogP contribution in [0.3, 0.4) is 0 Å². The second kappa shape index (κ2) is 7.36. The summed E-state index contributed by atoms with van der Waals surface area (Å²) in [4.78, 5) is 23.3. The summed E-state index contributed by atoms with van der Waals surface area (Å²) < 4.78 is 4.76. The van der Waals surface area contributed by atoms with Crippen LogP contribution in [-0.4, -0.2) is 35.7 Å². The number of rotatable bonds is 7. The van der Waals surface area contributed by atoms with Crippen LogP contribution in [0, 0.1) is 5.92 Å². The zero-order chi connectivity index (χ0) is 14.3. The number of amides is 1. The molecule has 5 nitrogen and oxygen atoms in total. The number of aliphatic hydroxyl groups is 1. The van der Waals surface area contributed by atoms with Crippen molar-refractivity contribution in [2.45, 2.75) is 58.6 Å². The molecular formula is C13H25NO4. The van der Waals surface area contributed by atoms with E-state index in [1.54, 1.807) is 0 Å². The van der Waals surface area contributed by atoms with Crippen LogP contribution in [0.25, 0.3) is 0 Å². The van der Waals surface area contributed by atoms with Gasteiger partial charge in [0.1, 0.15) is 0 Å². The fourth-order valence-corrected chi connectivity index (χ4v) is 2.14. The molecule has 0 radical (unpaired) electrons. The molecule has 0 aliphatic carbocycles. The molecule has 0 heterocycles. The van der Waals surface area contributed by atoms with Crippen molar-refractivity contribution in [3.05, 3.63) is 0 Å². The fourth-order valence-electron chi connectivity index (χ4n) is 2.14. The fraction of sp³-hybridized carbons (Fsp3) is 0.846. The molecule has 0 saturated heterocycles. The Hall–Kier alpha value is -1.10. The van der Waals surface area contributed by atoms with Gasteiger partial charge in [-0.25, -0.2) is 4.79 Å². The summed E-state index contributed by atoms with van der Waals surface area (Å²) in [5.41, 5.74) is -1.33. The van der Waals surface area contributed by atoms with Gasteiger partial charge in [-0.1, -0.05) is 27.2 Å². The van der Waals surface area contributed by atoms with Gasteiger partial charge in [-0.05, 0) is 18.8 Å². The van der Waals surface area contributed by atoms with Crippen LogP contribution < -0.4 is 5.32 Å². The molecule has 0 bridgehead atoms. The van der Waals surface area contributed by atoms with Crippen molar-refractivity contribution in [1.82, 2.24) is 5.32 Å². The second-order valence-electron chi connectivity index (χ2n) is 5.04. The zero-order valence-corrected chi connectivity index (χ0v) is 11.9. The average Bonchev–Trinajstić information content (AvgIpc) is 2.25. The first-order valence-corrected chi connectivity index (χ1v) is 6.35. The lowest BCUT2D eigenvalue weighted by atomic mass is 9.83. The van der Waals surface area contributed by atoms with Crippen LogP contribution in [0.5, 0.6) is 0 Å². The normalized spacial score (nSPS) is 15.9. The third-order valence-electron chi connectivity index (χ3n) is 2.86. The first-order valence-electron chi connectivity index (χ1n) is 6.35. The summed E-state index contributed by atoms with van der Waals surface area (Å²) in [6.45, 7) is 7.12. The minimum atomic E-state index is -1.33. The summed E-state index contributed by atoms with van der Waals surface area (Å²) in [6, 6.07) is 0. The minimum absolute atomic E-state index is 0.217. The smallest absolute Gasteiger partial charge is 0.334 e. The Morgan fingerprint density at radius 1 is 1.39 bits per heavy atom. The Balaban J connectivity index is 5.29. The van der Waals surface area contributed by atoms with Gasteiger partial charge < -0.3 is 15.2 Å². The monoisotopic (exact) mass is 259 g/mol. The minimum Gasteiger partial charge on any atom is -0.467 e. The third-order valence-corrected chi connectivity index (χ3v) is 2.86. The van der Waals surface area contributed by atoms with Gasteiger partial charge in [0.15, 0.2) is 5.54 Å². The van der Waals surface area contributed by atoms with E-state index in [0.29, 0.717) is 19.3 Å². The lowest BCUT2D eigenvalue weighted by Gasteiger charge is -2.36. The number of nitrogens with one attached hydrogen (secondary N) is 1. The number of ether oxygens (including phenoxy) is 1. The van der Waals surface area contributed by atoms with E-state index in [2.05, 4.69) is 5.32 Å². The number of hydrogen-bond donors (Lipinski definition) is 2. The molecule has 0 aromatic heterocycles. The van der Waals surface area contributed by atoms with Gasteiger partial charge in [0.25, 0.3) is 0 Å². The Labute approximate surface area is 109 Å². The maximum atomic E-state index is 12.0. The van der Waals surface area contributed by atoms with Crippen LogP contribution in [0.1, 0.15) is 47.0 Å². The molecule has 2 atom stereocenters. The van der Waals surface area contributed by atoms with Crippen LogP contribution in [0.2, 0.25) is 0 Å². The summed E-state index contributed by atoms with van der Waals surface area (Å²) in [6.07, 6.45) is 0.487. The summed E-state index contributed by atoms with van der Waals surface area (Å²) in [7, 11) is 1.26. The van der Waals surface area contributed by atoms with Crippen molar-refractivity contribution in [1.29, 1.82) is 0 Å². The number of carbonyl (C=O) groups is 2. The molecule has 0 aliphatic heterocycles. The van der Waals surface area contributed by atoms with Gasteiger partial charge in [-0.2, -0.15) is 0 Å². The Morgan fingerprint density at radius 3 is 2.28 bits per heavy atom. The molecule has 5 heteroatoms. The Bertz CT molecular complexity index is 291. The molecule has 18 heavy (non-hydrogen) atoms. The first-order chi connectivity index (χ1) is 8.30. The van der Waals surface area contributed by atoms with Crippen LogP contribution in [0.4, 0.5) is 0 Å². The quantitative estimate of drug-likeness (QED) is 0.674. The molecule has 0 saturated carbocycles. The SMILES string of the molecule is CCC[C@@](NC(C)=O)(C(=O)OC)[C@@H](O)CC(C)C. The van der Waals surface area contributed by atoms with Crippen LogP contribution in [0.15, 0.2) is 0 Å². The van der Waals surface area contributed by atoms with Crippen LogP contribution in [-0.2, 0) is 14.3 Å². The summed E-state index contributed by atoms with van der Waals surface area (Å²) in [5.74, 6) is -0.723. The lowest BCUT2D eigenvalue weighted by molar-refractivity contribution is -0.157. The van der Waals surface area contributed by atoms with E-state index >= 15 is 0 Å². The van der Waals surface area contributed by atoms with Crippen molar-refractivity contribution in [3.63, 3.8) is 0 Å². The molecule has 0 aromatic rings. The first kappa shape index (κ1) is 16.9. The van der Waals surface area contributed by atoms with Gasteiger partial charge >= 0.3 is 5.97 Å². The van der Waals surface area contributed by atoms with Crippen LogP contribution >= 0.6 is 0 Å². The van der Waals surface area contributed by atoms with E-state index in [4.69, 9.17) is 4.74 Å². The summed E-state index contributed by atoms with van der Waals surface area (Å²) in [5, 5.41) is 12.9. The van der Waals surface area contributed by atoms with Gasteiger partial charge in [0, 0.05) is 6.92 Å². The number of esters is 1. The average molecular weight is 259 g/mol. The molecule has 0 spiro atoms. The van der Waals surface area contributed by atoms with Crippen molar-refractivity contribution in [2.24, 2.45) is 5.92 Å². The Morgan fingerprint density at radius 2 is 1.94 bits per heavy atom. The predicted molar refractivity (Wildman–Crippen MR) is 68.9 cm³/mol. The Kier molecular flexibility index (Phi) is 6.91. The lowest BCUT2D eigenvalue weighted by Crippen LogP contribution is -2.62. The van der Waals surface area contributed by atoms with Gasteiger partial charge in [-0.3, -0.25) is 4.79 Å². The molecule has 0 aromatic carbocycles. The largest absolute Gasteiger partial charge is 0.467 e. The molecule has 0 aliphatic rings. The van der Waals surface area contributed by atoms with E-state index < -0.39 is 17.6 Å². The van der Waals surface area contributed by atoms with E-state index in [1.807, 2.05) is 20.8 Å².